The molecule has 0 aromatic heterocycles. The van der Waals surface area contributed by atoms with E-state index in [0.29, 0.717) is 0 Å². The highest BCUT2D eigenvalue weighted by molar-refractivity contribution is 5.86. The Morgan fingerprint density at radius 1 is 1.58 bits per heavy atom. The van der Waals surface area contributed by atoms with E-state index in [4.69, 9.17) is 4.74 Å². The Morgan fingerprint density at radius 3 is 2.50 bits per heavy atom. The molecule has 0 unspecified atom stereocenters. The van der Waals surface area contributed by atoms with Crippen LogP contribution in [-0.4, -0.2) is 18.1 Å². The average molecular weight is 171 g/mol. The van der Waals surface area contributed by atoms with E-state index in [-0.39, 0.29) is 23.7 Å². The van der Waals surface area contributed by atoms with E-state index in [1.165, 1.54) is 6.92 Å². The van der Waals surface area contributed by atoms with E-state index in [9.17, 15) is 9.59 Å². The number of esters is 1. The number of ether oxygens (including phenoxy) is 1. The molecule has 4 nitrogen and oxygen atoms in total. The molecule has 0 aromatic rings. The van der Waals surface area contributed by atoms with Gasteiger partial charge in [-0.1, -0.05) is 13.8 Å². The lowest BCUT2D eigenvalue weighted by Crippen LogP contribution is -2.61. The molecule has 1 heterocycles. The minimum atomic E-state index is -0.407. The zero-order valence-electron chi connectivity index (χ0n) is 7.46. The van der Waals surface area contributed by atoms with Crippen molar-refractivity contribution in [3.8, 4) is 0 Å². The van der Waals surface area contributed by atoms with Crippen molar-refractivity contribution in [2.75, 3.05) is 0 Å². The maximum atomic E-state index is 11.0. The van der Waals surface area contributed by atoms with E-state index in [1.807, 2.05) is 13.8 Å². The van der Waals surface area contributed by atoms with E-state index < -0.39 is 6.23 Å². The lowest BCUT2D eigenvalue weighted by atomic mass is 9.87. The standard InChI is InChI=1S/C8H13NO3/c1-4(2)6-7(11)9-8(6)12-5(3)10/h4,6,8H,1-3H3,(H,9,11)/t6-,8+/m1/s1. The van der Waals surface area contributed by atoms with Crippen LogP contribution < -0.4 is 5.32 Å². The lowest BCUT2D eigenvalue weighted by Gasteiger charge is -2.37. The summed E-state index contributed by atoms with van der Waals surface area (Å²) in [5, 5.41) is 2.52. The molecule has 0 aromatic carbocycles. The van der Waals surface area contributed by atoms with Crippen LogP contribution in [0.4, 0.5) is 0 Å². The molecular formula is C8H13NO3. The Kier molecular flexibility index (Phi) is 2.35. The third kappa shape index (κ3) is 1.57. The second-order valence-corrected chi connectivity index (χ2v) is 3.31. The van der Waals surface area contributed by atoms with Gasteiger partial charge in [-0.05, 0) is 5.92 Å². The van der Waals surface area contributed by atoms with Crippen molar-refractivity contribution in [1.29, 1.82) is 0 Å². The van der Waals surface area contributed by atoms with Gasteiger partial charge in [0, 0.05) is 6.92 Å². The molecule has 0 saturated carbocycles. The Labute approximate surface area is 71.3 Å². The van der Waals surface area contributed by atoms with Crippen LogP contribution >= 0.6 is 0 Å². The second kappa shape index (κ2) is 3.13. The molecule has 1 amide bonds. The van der Waals surface area contributed by atoms with Crippen LogP contribution in [0.15, 0.2) is 0 Å². The number of β-lactam (4-membered cyclic amide) rings is 1. The van der Waals surface area contributed by atoms with Crippen molar-refractivity contribution >= 4 is 11.9 Å². The SMILES string of the molecule is CC(=O)O[C@@H]1NC(=O)[C@H]1C(C)C. The van der Waals surface area contributed by atoms with Gasteiger partial charge in [-0.3, -0.25) is 9.59 Å². The van der Waals surface area contributed by atoms with E-state index in [0.717, 1.165) is 0 Å². The number of rotatable bonds is 2. The molecule has 12 heavy (non-hydrogen) atoms. The third-order valence-corrected chi connectivity index (χ3v) is 1.92. The quantitative estimate of drug-likeness (QED) is 0.479. The predicted octanol–water partition coefficient (Wildman–Crippen LogP) is 0.278. The van der Waals surface area contributed by atoms with Gasteiger partial charge in [0.15, 0.2) is 6.23 Å². The summed E-state index contributed by atoms with van der Waals surface area (Å²) >= 11 is 0. The first-order valence-corrected chi connectivity index (χ1v) is 4.00. The number of nitrogens with one attached hydrogen (secondary N) is 1. The highest BCUT2D eigenvalue weighted by Crippen LogP contribution is 2.24. The fourth-order valence-corrected chi connectivity index (χ4v) is 1.30. The Hall–Kier alpha value is -1.06. The largest absolute Gasteiger partial charge is 0.441 e. The summed E-state index contributed by atoms with van der Waals surface area (Å²) in [6.45, 7) is 5.20. The first kappa shape index (κ1) is 9.03. The Balaban J connectivity index is 2.48. The molecular weight excluding hydrogens is 158 g/mol. The topological polar surface area (TPSA) is 55.4 Å². The molecule has 2 atom stereocenters. The Bertz CT molecular complexity index is 212. The van der Waals surface area contributed by atoms with E-state index >= 15 is 0 Å². The zero-order valence-corrected chi connectivity index (χ0v) is 7.46. The molecule has 1 fully saturated rings. The number of hydrogen-bond donors (Lipinski definition) is 1. The highest BCUT2D eigenvalue weighted by Gasteiger charge is 2.43. The highest BCUT2D eigenvalue weighted by atomic mass is 16.6. The van der Waals surface area contributed by atoms with Crippen molar-refractivity contribution in [2.24, 2.45) is 11.8 Å². The van der Waals surface area contributed by atoms with Gasteiger partial charge < -0.3 is 10.1 Å². The van der Waals surface area contributed by atoms with Gasteiger partial charge >= 0.3 is 5.97 Å². The summed E-state index contributed by atoms with van der Waals surface area (Å²) in [6, 6.07) is 0. The van der Waals surface area contributed by atoms with Crippen molar-refractivity contribution in [1.82, 2.24) is 5.32 Å². The molecule has 0 bridgehead atoms. The first-order valence-electron chi connectivity index (χ1n) is 4.00. The van der Waals surface area contributed by atoms with Crippen molar-refractivity contribution in [3.63, 3.8) is 0 Å². The average Bonchev–Trinajstić information content (AvgIpc) is 1.82. The van der Waals surface area contributed by atoms with Crippen molar-refractivity contribution in [3.05, 3.63) is 0 Å². The van der Waals surface area contributed by atoms with Gasteiger partial charge in [-0.15, -0.1) is 0 Å². The predicted molar refractivity (Wildman–Crippen MR) is 42.0 cm³/mol. The van der Waals surface area contributed by atoms with Crippen LogP contribution in [0, 0.1) is 11.8 Å². The van der Waals surface area contributed by atoms with Gasteiger partial charge in [0.2, 0.25) is 5.91 Å². The smallest absolute Gasteiger partial charge is 0.304 e. The molecule has 68 valence electrons. The van der Waals surface area contributed by atoms with Gasteiger partial charge in [0.1, 0.15) is 0 Å². The summed E-state index contributed by atoms with van der Waals surface area (Å²) in [7, 11) is 0. The summed E-state index contributed by atoms with van der Waals surface area (Å²) in [5.41, 5.74) is 0. The molecule has 0 radical (unpaired) electrons. The van der Waals surface area contributed by atoms with E-state index in [1.54, 1.807) is 0 Å². The molecule has 0 spiro atoms. The van der Waals surface area contributed by atoms with E-state index in [2.05, 4.69) is 5.32 Å². The van der Waals surface area contributed by atoms with Crippen LogP contribution in [0.2, 0.25) is 0 Å². The number of carbonyl (C=O) groups is 2. The lowest BCUT2D eigenvalue weighted by molar-refractivity contribution is -0.170. The molecule has 4 heteroatoms. The summed E-state index contributed by atoms with van der Waals surface area (Å²) in [4.78, 5) is 21.5. The van der Waals surface area contributed by atoms with Crippen LogP contribution in [0.5, 0.6) is 0 Å². The van der Waals surface area contributed by atoms with Crippen LogP contribution in [0.25, 0.3) is 0 Å². The van der Waals surface area contributed by atoms with Gasteiger partial charge in [-0.25, -0.2) is 0 Å². The minimum Gasteiger partial charge on any atom is -0.441 e. The molecule has 0 aliphatic carbocycles. The molecule has 1 rings (SSSR count). The number of hydrogen-bond acceptors (Lipinski definition) is 3. The monoisotopic (exact) mass is 171 g/mol. The third-order valence-electron chi connectivity index (χ3n) is 1.92. The zero-order chi connectivity index (χ0) is 9.30. The van der Waals surface area contributed by atoms with Gasteiger partial charge in [-0.2, -0.15) is 0 Å². The molecule has 1 aliphatic heterocycles. The van der Waals surface area contributed by atoms with Crippen LogP contribution in [0.3, 0.4) is 0 Å². The summed E-state index contributed by atoms with van der Waals surface area (Å²) in [5.74, 6) is -0.348. The molecule has 1 N–H and O–H groups in total. The van der Waals surface area contributed by atoms with Gasteiger partial charge in [0.05, 0.1) is 5.92 Å². The minimum absolute atomic E-state index is 0.0312. The van der Waals surface area contributed by atoms with Crippen LogP contribution in [-0.2, 0) is 14.3 Å². The molecule has 1 saturated heterocycles. The van der Waals surface area contributed by atoms with Crippen LogP contribution in [0.1, 0.15) is 20.8 Å². The Morgan fingerprint density at radius 2 is 2.17 bits per heavy atom. The number of carbonyl (C=O) groups excluding carboxylic acids is 2. The fourth-order valence-electron chi connectivity index (χ4n) is 1.30. The fraction of sp³-hybridized carbons (Fsp3) is 0.750. The maximum absolute atomic E-state index is 11.0. The summed E-state index contributed by atoms with van der Waals surface area (Å²) < 4.78 is 4.86. The van der Waals surface area contributed by atoms with Gasteiger partial charge in [0.25, 0.3) is 0 Å². The number of amides is 1. The normalized spacial score (nSPS) is 27.8. The van der Waals surface area contributed by atoms with Crippen molar-refractivity contribution < 1.29 is 14.3 Å². The summed E-state index contributed by atoms with van der Waals surface area (Å²) in [6.07, 6.45) is -0.407. The first-order chi connectivity index (χ1) is 5.52. The second-order valence-electron chi connectivity index (χ2n) is 3.31. The van der Waals surface area contributed by atoms with Crippen molar-refractivity contribution in [2.45, 2.75) is 27.0 Å². The maximum Gasteiger partial charge on any atom is 0.304 e. The molecule has 1 aliphatic rings.